The lowest BCUT2D eigenvalue weighted by atomic mass is 10.1. The van der Waals surface area contributed by atoms with E-state index in [1.54, 1.807) is 13.2 Å². The number of amides is 1. The van der Waals surface area contributed by atoms with Crippen molar-refractivity contribution >= 4 is 5.91 Å². The number of rotatable bonds is 8. The third-order valence-electron chi connectivity index (χ3n) is 5.68. The fourth-order valence-corrected chi connectivity index (χ4v) is 3.98. The Kier molecular flexibility index (Phi) is 7.10. The highest BCUT2D eigenvalue weighted by atomic mass is 16.5. The average Bonchev–Trinajstić information content (AvgIpc) is 3.40. The first-order valence-corrected chi connectivity index (χ1v) is 11.0. The average molecular weight is 441 g/mol. The van der Waals surface area contributed by atoms with Gasteiger partial charge in [-0.3, -0.25) is 19.1 Å². The van der Waals surface area contributed by atoms with Gasteiger partial charge in [-0.2, -0.15) is 4.98 Å². The number of furan rings is 1. The second kappa shape index (κ2) is 10.4. The zero-order valence-corrected chi connectivity index (χ0v) is 18.2. The van der Waals surface area contributed by atoms with Gasteiger partial charge in [0.25, 0.3) is 11.4 Å². The second-order valence-electron chi connectivity index (χ2n) is 7.99. The van der Waals surface area contributed by atoms with Crippen molar-refractivity contribution in [2.75, 3.05) is 19.6 Å². The van der Waals surface area contributed by atoms with E-state index in [1.165, 1.54) is 29.9 Å². The van der Waals surface area contributed by atoms with Crippen LogP contribution in [0.2, 0.25) is 0 Å². The molecule has 3 aromatic heterocycles. The molecule has 1 fully saturated rings. The van der Waals surface area contributed by atoms with Gasteiger partial charge in [0.05, 0.1) is 18.6 Å². The minimum Gasteiger partial charge on any atom is -0.468 e. The Morgan fingerprint density at radius 2 is 2.06 bits per heavy atom. The zero-order valence-electron chi connectivity index (χ0n) is 18.2. The van der Waals surface area contributed by atoms with Crippen LogP contribution in [-0.2, 0) is 11.3 Å². The summed E-state index contributed by atoms with van der Waals surface area (Å²) in [5.74, 6) is 1.28. The van der Waals surface area contributed by atoms with Crippen molar-refractivity contribution in [2.24, 2.45) is 0 Å². The molecule has 0 saturated carbocycles. The van der Waals surface area contributed by atoms with Crippen LogP contribution < -0.4 is 10.9 Å². The van der Waals surface area contributed by atoms with Crippen LogP contribution in [0.3, 0.4) is 0 Å². The summed E-state index contributed by atoms with van der Waals surface area (Å²) in [4.78, 5) is 35.8. The highest BCUT2D eigenvalue weighted by Crippen LogP contribution is 2.24. The summed E-state index contributed by atoms with van der Waals surface area (Å²) in [6.45, 7) is 4.32. The van der Waals surface area contributed by atoms with Crippen LogP contribution >= 0.6 is 0 Å². The minimum atomic E-state index is -0.325. The van der Waals surface area contributed by atoms with Gasteiger partial charge < -0.3 is 14.3 Å². The Morgan fingerprint density at radius 1 is 1.25 bits per heavy atom. The molecule has 1 saturated heterocycles. The van der Waals surface area contributed by atoms with Crippen molar-refractivity contribution in [1.29, 1.82) is 0 Å². The number of aromatic nitrogens is 4. The van der Waals surface area contributed by atoms with E-state index in [4.69, 9.17) is 8.94 Å². The molecule has 1 amide bonds. The van der Waals surface area contributed by atoms with Crippen LogP contribution in [0.4, 0.5) is 0 Å². The first kappa shape index (κ1) is 21.9. The lowest BCUT2D eigenvalue weighted by molar-refractivity contribution is -0.121. The molecule has 1 atom stereocenters. The summed E-state index contributed by atoms with van der Waals surface area (Å²) >= 11 is 0. The molecule has 32 heavy (non-hydrogen) atoms. The van der Waals surface area contributed by atoms with Gasteiger partial charge in [0.15, 0.2) is 5.82 Å². The number of carbonyl (C=O) groups excluding carboxylic acids is 1. The van der Waals surface area contributed by atoms with E-state index in [0.717, 1.165) is 31.7 Å². The molecule has 0 aromatic carbocycles. The third-order valence-corrected chi connectivity index (χ3v) is 5.68. The highest BCUT2D eigenvalue weighted by molar-refractivity contribution is 5.75. The summed E-state index contributed by atoms with van der Waals surface area (Å²) in [7, 11) is 0. The van der Waals surface area contributed by atoms with E-state index >= 15 is 0 Å². The van der Waals surface area contributed by atoms with Crippen LogP contribution in [0.5, 0.6) is 0 Å². The van der Waals surface area contributed by atoms with Crippen molar-refractivity contribution < 1.29 is 13.7 Å². The first-order valence-electron chi connectivity index (χ1n) is 11.0. The van der Waals surface area contributed by atoms with E-state index in [9.17, 15) is 9.59 Å². The number of likely N-dealkylation sites (tertiary alicyclic amines) is 1. The second-order valence-corrected chi connectivity index (χ2v) is 7.99. The number of nitrogens with zero attached hydrogens (tertiary/aromatic N) is 5. The SMILES string of the molecule is Cc1noc(-c2cncn(CCC(=O)NCC(c3ccco3)N3CCCCCC3)c2=O)n1. The minimum absolute atomic E-state index is 0.000494. The molecule has 10 heteroatoms. The quantitative estimate of drug-likeness (QED) is 0.567. The Balaban J connectivity index is 1.36. The molecule has 1 aliphatic heterocycles. The van der Waals surface area contributed by atoms with E-state index in [0.29, 0.717) is 12.4 Å². The third kappa shape index (κ3) is 5.31. The highest BCUT2D eigenvalue weighted by Gasteiger charge is 2.24. The van der Waals surface area contributed by atoms with Gasteiger partial charge in [-0.1, -0.05) is 18.0 Å². The van der Waals surface area contributed by atoms with E-state index < -0.39 is 0 Å². The molecule has 0 spiro atoms. The van der Waals surface area contributed by atoms with Gasteiger partial charge in [0, 0.05) is 25.7 Å². The number of nitrogens with one attached hydrogen (secondary N) is 1. The topological polar surface area (TPSA) is 119 Å². The lowest BCUT2D eigenvalue weighted by Crippen LogP contribution is -2.39. The van der Waals surface area contributed by atoms with Crippen LogP contribution in [0.25, 0.3) is 11.5 Å². The van der Waals surface area contributed by atoms with Gasteiger partial charge in [0.1, 0.15) is 11.3 Å². The van der Waals surface area contributed by atoms with Crippen molar-refractivity contribution in [2.45, 2.75) is 51.6 Å². The Labute approximate surface area is 185 Å². The number of aryl methyl sites for hydroxylation is 2. The molecule has 0 radical (unpaired) electrons. The molecule has 0 aliphatic carbocycles. The maximum absolute atomic E-state index is 12.7. The maximum atomic E-state index is 12.7. The standard InChI is InChI=1S/C22H28N6O4/c1-16-25-21(32-26-16)17-13-23-15-28(22(17)30)11-8-20(29)24-14-18(19-7-6-12-31-19)27-9-4-2-3-5-10-27/h6-7,12-13,15,18H,2-5,8-11,14H2,1H3,(H,24,29). The monoisotopic (exact) mass is 440 g/mol. The van der Waals surface area contributed by atoms with E-state index in [-0.39, 0.29) is 41.9 Å². The molecule has 1 aliphatic rings. The summed E-state index contributed by atoms with van der Waals surface area (Å²) in [6, 6.07) is 3.83. The molecule has 4 heterocycles. The summed E-state index contributed by atoms with van der Waals surface area (Å²) in [5, 5.41) is 6.72. The van der Waals surface area contributed by atoms with Crippen LogP contribution in [0.15, 0.2) is 44.7 Å². The smallest absolute Gasteiger partial charge is 0.266 e. The predicted molar refractivity (Wildman–Crippen MR) is 116 cm³/mol. The van der Waals surface area contributed by atoms with Crippen LogP contribution in [0, 0.1) is 6.92 Å². The van der Waals surface area contributed by atoms with Crippen molar-refractivity contribution in [1.82, 2.24) is 29.9 Å². The van der Waals surface area contributed by atoms with Gasteiger partial charge in [-0.25, -0.2) is 4.98 Å². The van der Waals surface area contributed by atoms with Gasteiger partial charge in [0.2, 0.25) is 5.91 Å². The van der Waals surface area contributed by atoms with Crippen molar-refractivity contribution in [3.05, 3.63) is 52.9 Å². The molecule has 10 nitrogen and oxygen atoms in total. The molecule has 1 N–H and O–H groups in total. The fraction of sp³-hybridized carbons (Fsp3) is 0.500. The Morgan fingerprint density at radius 3 is 2.75 bits per heavy atom. The van der Waals surface area contributed by atoms with Crippen molar-refractivity contribution in [3.8, 4) is 11.5 Å². The molecular formula is C22H28N6O4. The number of hydrogen-bond acceptors (Lipinski definition) is 8. The first-order chi connectivity index (χ1) is 15.6. The molecule has 0 bridgehead atoms. The van der Waals surface area contributed by atoms with Crippen LogP contribution in [0.1, 0.15) is 49.7 Å². The lowest BCUT2D eigenvalue weighted by Gasteiger charge is -2.29. The van der Waals surface area contributed by atoms with Crippen molar-refractivity contribution in [3.63, 3.8) is 0 Å². The summed E-state index contributed by atoms with van der Waals surface area (Å²) in [5.41, 5.74) is -0.109. The number of hydrogen-bond donors (Lipinski definition) is 1. The van der Waals surface area contributed by atoms with Gasteiger partial charge >= 0.3 is 0 Å². The van der Waals surface area contributed by atoms with Gasteiger partial charge in [-0.05, 0) is 45.0 Å². The summed E-state index contributed by atoms with van der Waals surface area (Å²) in [6.07, 6.45) is 9.38. The van der Waals surface area contributed by atoms with Crippen LogP contribution in [-0.4, -0.2) is 50.1 Å². The predicted octanol–water partition coefficient (Wildman–Crippen LogP) is 2.32. The Bertz CT molecular complexity index is 1070. The largest absolute Gasteiger partial charge is 0.468 e. The normalized spacial score (nSPS) is 15.9. The molecule has 4 rings (SSSR count). The fourth-order valence-electron chi connectivity index (χ4n) is 3.98. The van der Waals surface area contributed by atoms with Gasteiger partial charge in [-0.15, -0.1) is 0 Å². The molecule has 3 aromatic rings. The van der Waals surface area contributed by atoms with E-state index in [2.05, 4.69) is 25.3 Å². The molecular weight excluding hydrogens is 412 g/mol. The summed E-state index contributed by atoms with van der Waals surface area (Å²) < 4.78 is 12.1. The molecule has 170 valence electrons. The Hall–Kier alpha value is -3.27. The maximum Gasteiger partial charge on any atom is 0.266 e. The number of carbonyl (C=O) groups is 1. The molecule has 1 unspecified atom stereocenters. The van der Waals surface area contributed by atoms with E-state index in [1.807, 2.05) is 12.1 Å². The zero-order chi connectivity index (χ0) is 22.3.